The van der Waals surface area contributed by atoms with Crippen LogP contribution in [0.2, 0.25) is 0 Å². The van der Waals surface area contributed by atoms with Gasteiger partial charge in [0, 0.05) is 12.1 Å². The molecule has 2 saturated carbocycles. The van der Waals surface area contributed by atoms with Crippen LogP contribution >= 0.6 is 0 Å². The first-order valence-electron chi connectivity index (χ1n) is 8.31. The molecule has 2 aliphatic carbocycles. The van der Waals surface area contributed by atoms with Gasteiger partial charge in [-0.05, 0) is 32.1 Å². The van der Waals surface area contributed by atoms with Crippen LogP contribution in [0.3, 0.4) is 0 Å². The molecule has 0 bridgehead atoms. The fourth-order valence-corrected chi connectivity index (χ4v) is 3.74. The van der Waals surface area contributed by atoms with Crippen molar-refractivity contribution in [3.05, 3.63) is 0 Å². The Labute approximate surface area is 117 Å². The third-order valence-corrected chi connectivity index (χ3v) is 4.95. The highest BCUT2D eigenvalue weighted by Gasteiger charge is 2.34. The van der Waals surface area contributed by atoms with E-state index in [9.17, 15) is 4.79 Å². The smallest absolute Gasteiger partial charge is 0.239 e. The van der Waals surface area contributed by atoms with Crippen LogP contribution in [0.4, 0.5) is 0 Å². The molecule has 0 aromatic rings. The standard InChI is InChI=1S/C16H30N2O/c1-2-15(17)16(19)18(13-9-5-3-6-10-13)14-11-7-4-8-12-14/h13-15H,2-12,17H2,1H3. The van der Waals surface area contributed by atoms with Crippen molar-refractivity contribution in [3.8, 4) is 0 Å². The second kappa shape index (κ2) is 7.28. The third kappa shape index (κ3) is 3.71. The Morgan fingerprint density at radius 3 is 1.79 bits per heavy atom. The van der Waals surface area contributed by atoms with Gasteiger partial charge in [0.05, 0.1) is 6.04 Å². The molecule has 0 aliphatic heterocycles. The van der Waals surface area contributed by atoms with Crippen LogP contribution in [-0.4, -0.2) is 28.9 Å². The second-order valence-corrected chi connectivity index (χ2v) is 6.34. The van der Waals surface area contributed by atoms with Crippen molar-refractivity contribution in [2.24, 2.45) is 5.73 Å². The summed E-state index contributed by atoms with van der Waals surface area (Å²) >= 11 is 0. The lowest BCUT2D eigenvalue weighted by Crippen LogP contribution is -2.54. The molecule has 3 nitrogen and oxygen atoms in total. The quantitative estimate of drug-likeness (QED) is 0.849. The van der Waals surface area contributed by atoms with E-state index in [-0.39, 0.29) is 11.9 Å². The monoisotopic (exact) mass is 266 g/mol. The van der Waals surface area contributed by atoms with Crippen molar-refractivity contribution in [2.75, 3.05) is 0 Å². The van der Waals surface area contributed by atoms with E-state index in [0.29, 0.717) is 12.1 Å². The van der Waals surface area contributed by atoms with E-state index >= 15 is 0 Å². The van der Waals surface area contributed by atoms with Gasteiger partial charge in [0.25, 0.3) is 0 Å². The molecule has 110 valence electrons. The van der Waals surface area contributed by atoms with Crippen molar-refractivity contribution in [3.63, 3.8) is 0 Å². The van der Waals surface area contributed by atoms with Crippen molar-refractivity contribution in [2.45, 2.75) is 95.7 Å². The summed E-state index contributed by atoms with van der Waals surface area (Å²) in [6.07, 6.45) is 13.3. The molecule has 3 heteroatoms. The van der Waals surface area contributed by atoms with Crippen LogP contribution in [-0.2, 0) is 4.79 Å². The Kier molecular flexibility index (Phi) is 5.68. The molecule has 1 atom stereocenters. The molecule has 1 amide bonds. The number of rotatable bonds is 4. The molecule has 2 N–H and O–H groups in total. The van der Waals surface area contributed by atoms with Crippen LogP contribution in [0.15, 0.2) is 0 Å². The average Bonchev–Trinajstić information content (AvgIpc) is 2.49. The minimum Gasteiger partial charge on any atom is -0.335 e. The molecule has 19 heavy (non-hydrogen) atoms. The van der Waals surface area contributed by atoms with E-state index in [4.69, 9.17) is 5.73 Å². The summed E-state index contributed by atoms with van der Waals surface area (Å²) in [6, 6.07) is 0.660. The van der Waals surface area contributed by atoms with Gasteiger partial charge in [-0.3, -0.25) is 4.79 Å². The van der Waals surface area contributed by atoms with Crippen LogP contribution in [0.25, 0.3) is 0 Å². The summed E-state index contributed by atoms with van der Waals surface area (Å²) in [6.45, 7) is 2.02. The Bertz CT molecular complexity index is 262. The summed E-state index contributed by atoms with van der Waals surface area (Å²) in [5, 5.41) is 0. The van der Waals surface area contributed by atoms with Gasteiger partial charge in [-0.2, -0.15) is 0 Å². The molecular weight excluding hydrogens is 236 g/mol. The minimum absolute atomic E-state index is 0.223. The van der Waals surface area contributed by atoms with E-state index in [2.05, 4.69) is 4.90 Å². The van der Waals surface area contributed by atoms with Crippen molar-refractivity contribution in [1.29, 1.82) is 0 Å². The fourth-order valence-electron chi connectivity index (χ4n) is 3.74. The SMILES string of the molecule is CCC(N)C(=O)N(C1CCCCC1)C1CCCCC1. The molecule has 0 heterocycles. The molecule has 0 aromatic heterocycles. The maximum Gasteiger partial charge on any atom is 0.239 e. The van der Waals surface area contributed by atoms with Crippen molar-refractivity contribution in [1.82, 2.24) is 4.90 Å². The number of hydrogen-bond donors (Lipinski definition) is 1. The van der Waals surface area contributed by atoms with E-state index in [0.717, 1.165) is 6.42 Å². The van der Waals surface area contributed by atoms with Crippen LogP contribution in [0.1, 0.15) is 77.6 Å². The zero-order chi connectivity index (χ0) is 13.7. The topological polar surface area (TPSA) is 46.3 Å². The number of nitrogens with two attached hydrogens (primary N) is 1. The van der Waals surface area contributed by atoms with Crippen LogP contribution in [0.5, 0.6) is 0 Å². The van der Waals surface area contributed by atoms with Gasteiger partial charge in [-0.25, -0.2) is 0 Å². The highest BCUT2D eigenvalue weighted by molar-refractivity contribution is 5.82. The van der Waals surface area contributed by atoms with Gasteiger partial charge in [0.15, 0.2) is 0 Å². The first-order valence-corrected chi connectivity index (χ1v) is 8.31. The molecule has 2 fully saturated rings. The lowest BCUT2D eigenvalue weighted by atomic mass is 9.88. The molecule has 2 aliphatic rings. The van der Waals surface area contributed by atoms with E-state index in [1.807, 2.05) is 6.92 Å². The van der Waals surface area contributed by atoms with Gasteiger partial charge in [-0.15, -0.1) is 0 Å². The Hall–Kier alpha value is -0.570. The van der Waals surface area contributed by atoms with Crippen molar-refractivity contribution >= 4 is 5.91 Å². The van der Waals surface area contributed by atoms with E-state index in [1.165, 1.54) is 64.2 Å². The number of carbonyl (C=O) groups is 1. The van der Waals surface area contributed by atoms with Crippen LogP contribution in [0, 0.1) is 0 Å². The predicted molar refractivity (Wildman–Crippen MR) is 78.9 cm³/mol. The number of hydrogen-bond acceptors (Lipinski definition) is 2. The fraction of sp³-hybridized carbons (Fsp3) is 0.938. The molecular formula is C16H30N2O. The lowest BCUT2D eigenvalue weighted by molar-refractivity contribution is -0.139. The Morgan fingerprint density at radius 2 is 1.42 bits per heavy atom. The molecule has 0 aromatic carbocycles. The lowest BCUT2D eigenvalue weighted by Gasteiger charge is -2.42. The normalized spacial score (nSPS) is 24.1. The largest absolute Gasteiger partial charge is 0.335 e. The molecule has 2 rings (SSSR count). The zero-order valence-corrected chi connectivity index (χ0v) is 12.4. The van der Waals surface area contributed by atoms with Crippen LogP contribution < -0.4 is 5.73 Å². The van der Waals surface area contributed by atoms with Gasteiger partial charge in [0.2, 0.25) is 5.91 Å². The highest BCUT2D eigenvalue weighted by atomic mass is 16.2. The summed E-state index contributed by atoms with van der Waals surface area (Å²) in [4.78, 5) is 14.9. The summed E-state index contributed by atoms with van der Waals surface area (Å²) < 4.78 is 0. The maximum absolute atomic E-state index is 12.7. The third-order valence-electron chi connectivity index (χ3n) is 4.95. The number of nitrogens with zero attached hydrogens (tertiary/aromatic N) is 1. The molecule has 0 saturated heterocycles. The molecule has 1 unspecified atom stereocenters. The highest BCUT2D eigenvalue weighted by Crippen LogP contribution is 2.30. The predicted octanol–water partition coefficient (Wildman–Crippen LogP) is 3.22. The van der Waals surface area contributed by atoms with Gasteiger partial charge >= 0.3 is 0 Å². The molecule has 0 spiro atoms. The molecule has 0 radical (unpaired) electrons. The Morgan fingerprint density at radius 1 is 1.00 bits per heavy atom. The number of carbonyl (C=O) groups excluding carboxylic acids is 1. The van der Waals surface area contributed by atoms with Crippen molar-refractivity contribution < 1.29 is 4.79 Å². The minimum atomic E-state index is -0.288. The van der Waals surface area contributed by atoms with Gasteiger partial charge in [0.1, 0.15) is 0 Å². The van der Waals surface area contributed by atoms with Gasteiger partial charge < -0.3 is 10.6 Å². The van der Waals surface area contributed by atoms with E-state index < -0.39 is 0 Å². The first kappa shape index (κ1) is 14.8. The number of amides is 1. The zero-order valence-electron chi connectivity index (χ0n) is 12.4. The summed E-state index contributed by atoms with van der Waals surface area (Å²) in [5.41, 5.74) is 6.04. The first-order chi connectivity index (χ1) is 9.24. The second-order valence-electron chi connectivity index (χ2n) is 6.34. The summed E-state index contributed by atoms with van der Waals surface area (Å²) in [5.74, 6) is 0.223. The van der Waals surface area contributed by atoms with Gasteiger partial charge in [-0.1, -0.05) is 45.4 Å². The Balaban J connectivity index is 2.08. The maximum atomic E-state index is 12.7. The van der Waals surface area contributed by atoms with E-state index in [1.54, 1.807) is 0 Å². The average molecular weight is 266 g/mol. The summed E-state index contributed by atoms with van der Waals surface area (Å²) in [7, 11) is 0.